The van der Waals surface area contributed by atoms with Gasteiger partial charge >= 0.3 is 5.97 Å². The zero-order valence-electron chi connectivity index (χ0n) is 8.05. The first-order chi connectivity index (χ1) is 7.25. The molecule has 0 saturated carbocycles. The normalized spacial score (nSPS) is 20.4. The van der Waals surface area contributed by atoms with E-state index in [-0.39, 0.29) is 5.69 Å². The van der Waals surface area contributed by atoms with Crippen molar-refractivity contribution in [3.05, 3.63) is 24.0 Å². The van der Waals surface area contributed by atoms with Crippen molar-refractivity contribution in [2.24, 2.45) is 0 Å². The number of pyridine rings is 1. The van der Waals surface area contributed by atoms with E-state index in [1.807, 2.05) is 6.07 Å². The number of nitrogens with zero attached hydrogens (tertiary/aromatic N) is 1. The monoisotopic (exact) mass is 225 g/mol. The molecular weight excluding hydrogens is 214 g/mol. The molecular formula is C10H11NO3S. The third-order valence-electron chi connectivity index (χ3n) is 2.14. The molecule has 1 saturated heterocycles. The number of thioether (sulfide) groups is 1. The van der Waals surface area contributed by atoms with Gasteiger partial charge in [0, 0.05) is 22.9 Å². The second-order valence-corrected chi connectivity index (χ2v) is 4.66. The Morgan fingerprint density at radius 1 is 1.67 bits per heavy atom. The Balaban J connectivity index is 2.07. The van der Waals surface area contributed by atoms with Crippen LogP contribution in [0.1, 0.15) is 16.9 Å². The maximum absolute atomic E-state index is 10.7. The molecule has 0 spiro atoms. The molecule has 1 atom stereocenters. The van der Waals surface area contributed by atoms with Crippen molar-refractivity contribution in [1.82, 2.24) is 4.98 Å². The second kappa shape index (κ2) is 4.63. The van der Waals surface area contributed by atoms with Crippen molar-refractivity contribution in [3.8, 4) is 0 Å². The van der Waals surface area contributed by atoms with E-state index in [2.05, 4.69) is 4.98 Å². The van der Waals surface area contributed by atoms with Crippen LogP contribution in [0.2, 0.25) is 0 Å². The van der Waals surface area contributed by atoms with Gasteiger partial charge in [-0.25, -0.2) is 9.78 Å². The molecule has 1 aromatic rings. The van der Waals surface area contributed by atoms with E-state index in [9.17, 15) is 4.79 Å². The Morgan fingerprint density at radius 3 is 3.20 bits per heavy atom. The quantitative estimate of drug-likeness (QED) is 0.847. The van der Waals surface area contributed by atoms with Crippen LogP contribution in [-0.4, -0.2) is 34.5 Å². The molecule has 1 unspecified atom stereocenters. The molecule has 5 heteroatoms. The lowest BCUT2D eigenvalue weighted by molar-refractivity contribution is 0.0690. The number of hydrogen-bond donors (Lipinski definition) is 1. The number of hydrogen-bond acceptors (Lipinski definition) is 4. The van der Waals surface area contributed by atoms with E-state index in [4.69, 9.17) is 9.84 Å². The molecule has 2 rings (SSSR count). The van der Waals surface area contributed by atoms with E-state index in [0.717, 1.165) is 24.5 Å². The molecule has 80 valence electrons. The summed E-state index contributed by atoms with van der Waals surface area (Å²) in [5.74, 6) is -0.986. The summed E-state index contributed by atoms with van der Waals surface area (Å²) in [6, 6.07) is 3.43. The number of aromatic carboxylic acids is 1. The van der Waals surface area contributed by atoms with Gasteiger partial charge in [-0.05, 0) is 18.6 Å². The van der Waals surface area contributed by atoms with Crippen LogP contribution in [0.4, 0.5) is 0 Å². The van der Waals surface area contributed by atoms with E-state index < -0.39 is 5.97 Å². The summed E-state index contributed by atoms with van der Waals surface area (Å²) in [5.41, 5.74) is 0.0962. The Hall–Kier alpha value is -1.07. The Labute approximate surface area is 91.7 Å². The standard InChI is InChI=1S/C10H11NO3S/c12-10(13)9-5-7(1-3-11-9)15-8-2-4-14-6-8/h1,3,5,8H,2,4,6H2,(H,12,13). The zero-order chi connectivity index (χ0) is 10.7. The number of carbonyl (C=O) groups is 1. The molecule has 1 aliphatic rings. The Morgan fingerprint density at radius 2 is 2.53 bits per heavy atom. The van der Waals surface area contributed by atoms with Crippen LogP contribution in [0.15, 0.2) is 23.2 Å². The minimum atomic E-state index is -0.986. The molecule has 15 heavy (non-hydrogen) atoms. The van der Waals surface area contributed by atoms with E-state index in [0.29, 0.717) is 5.25 Å². The smallest absolute Gasteiger partial charge is 0.354 e. The van der Waals surface area contributed by atoms with Crippen molar-refractivity contribution < 1.29 is 14.6 Å². The number of carboxylic acid groups (broad SMARTS) is 1. The Kier molecular flexibility index (Phi) is 3.23. The molecule has 1 aliphatic heterocycles. The molecule has 0 aromatic carbocycles. The highest BCUT2D eigenvalue weighted by Crippen LogP contribution is 2.28. The van der Waals surface area contributed by atoms with Gasteiger partial charge in [-0.15, -0.1) is 11.8 Å². The van der Waals surface area contributed by atoms with E-state index in [1.54, 1.807) is 17.8 Å². The van der Waals surface area contributed by atoms with Gasteiger partial charge in [-0.1, -0.05) is 0 Å². The summed E-state index contributed by atoms with van der Waals surface area (Å²) in [6.45, 7) is 1.55. The lowest BCUT2D eigenvalue weighted by Gasteiger charge is -2.06. The predicted molar refractivity (Wildman–Crippen MR) is 56.3 cm³/mol. The highest BCUT2D eigenvalue weighted by atomic mass is 32.2. The average Bonchev–Trinajstić information content (AvgIpc) is 2.71. The largest absolute Gasteiger partial charge is 0.477 e. The summed E-state index contributed by atoms with van der Waals surface area (Å²) in [4.78, 5) is 15.4. The van der Waals surface area contributed by atoms with Crippen LogP contribution in [0, 0.1) is 0 Å². The molecule has 0 radical (unpaired) electrons. The van der Waals surface area contributed by atoms with Gasteiger partial charge in [-0.2, -0.15) is 0 Å². The molecule has 4 nitrogen and oxygen atoms in total. The van der Waals surface area contributed by atoms with Gasteiger partial charge in [0.2, 0.25) is 0 Å². The first-order valence-electron chi connectivity index (χ1n) is 4.69. The predicted octanol–water partition coefficient (Wildman–Crippen LogP) is 1.66. The number of aromatic nitrogens is 1. The van der Waals surface area contributed by atoms with Crippen LogP contribution in [0.25, 0.3) is 0 Å². The van der Waals surface area contributed by atoms with Crippen LogP contribution < -0.4 is 0 Å². The summed E-state index contributed by atoms with van der Waals surface area (Å²) < 4.78 is 5.25. The minimum Gasteiger partial charge on any atom is -0.477 e. The maximum Gasteiger partial charge on any atom is 0.354 e. The van der Waals surface area contributed by atoms with E-state index in [1.165, 1.54) is 6.20 Å². The summed E-state index contributed by atoms with van der Waals surface area (Å²) in [7, 11) is 0. The van der Waals surface area contributed by atoms with Gasteiger partial charge < -0.3 is 9.84 Å². The first-order valence-corrected chi connectivity index (χ1v) is 5.57. The van der Waals surface area contributed by atoms with Crippen molar-refractivity contribution >= 4 is 17.7 Å². The molecule has 1 N–H and O–H groups in total. The summed E-state index contributed by atoms with van der Waals surface area (Å²) in [5, 5.41) is 9.21. The fourth-order valence-electron chi connectivity index (χ4n) is 1.40. The van der Waals surface area contributed by atoms with Gasteiger partial charge in [0.1, 0.15) is 5.69 Å². The third-order valence-corrected chi connectivity index (χ3v) is 3.37. The molecule has 1 fully saturated rings. The average molecular weight is 225 g/mol. The second-order valence-electron chi connectivity index (χ2n) is 3.29. The molecule has 2 heterocycles. The molecule has 0 aliphatic carbocycles. The minimum absolute atomic E-state index is 0.0962. The van der Waals surface area contributed by atoms with Crippen molar-refractivity contribution in [2.45, 2.75) is 16.6 Å². The summed E-state index contributed by atoms with van der Waals surface area (Å²) in [6.07, 6.45) is 2.55. The lowest BCUT2D eigenvalue weighted by Crippen LogP contribution is -2.02. The van der Waals surface area contributed by atoms with Gasteiger partial charge in [0.15, 0.2) is 0 Å². The first kappa shape index (κ1) is 10.4. The molecule has 1 aromatic heterocycles. The van der Waals surface area contributed by atoms with Gasteiger partial charge in [0.25, 0.3) is 0 Å². The third kappa shape index (κ3) is 2.70. The van der Waals surface area contributed by atoms with Crippen LogP contribution in [0.3, 0.4) is 0 Å². The fourth-order valence-corrected chi connectivity index (χ4v) is 2.48. The topological polar surface area (TPSA) is 59.4 Å². The van der Waals surface area contributed by atoms with Gasteiger partial charge in [0.05, 0.1) is 6.61 Å². The van der Waals surface area contributed by atoms with Crippen molar-refractivity contribution in [3.63, 3.8) is 0 Å². The maximum atomic E-state index is 10.7. The number of rotatable bonds is 3. The van der Waals surface area contributed by atoms with Crippen LogP contribution >= 0.6 is 11.8 Å². The van der Waals surface area contributed by atoms with Crippen LogP contribution in [-0.2, 0) is 4.74 Å². The van der Waals surface area contributed by atoms with Crippen molar-refractivity contribution in [2.75, 3.05) is 13.2 Å². The van der Waals surface area contributed by atoms with Gasteiger partial charge in [-0.3, -0.25) is 0 Å². The molecule has 0 amide bonds. The van der Waals surface area contributed by atoms with E-state index >= 15 is 0 Å². The number of carboxylic acids is 1. The Bertz CT molecular complexity index is 363. The number of ether oxygens (including phenoxy) is 1. The summed E-state index contributed by atoms with van der Waals surface area (Å²) >= 11 is 1.65. The highest BCUT2D eigenvalue weighted by molar-refractivity contribution is 8.00. The van der Waals surface area contributed by atoms with Crippen LogP contribution in [0.5, 0.6) is 0 Å². The highest BCUT2D eigenvalue weighted by Gasteiger charge is 2.17. The fraction of sp³-hybridized carbons (Fsp3) is 0.400. The van der Waals surface area contributed by atoms with Crippen molar-refractivity contribution in [1.29, 1.82) is 0 Å². The zero-order valence-corrected chi connectivity index (χ0v) is 8.87. The lowest BCUT2D eigenvalue weighted by atomic mass is 10.3. The SMILES string of the molecule is O=C(O)c1cc(SC2CCOC2)ccn1. The molecule has 0 bridgehead atoms.